The number of nitrogens with zero attached hydrogens (tertiary/aromatic N) is 1. The summed E-state index contributed by atoms with van der Waals surface area (Å²) in [4.78, 5) is 4.09. The minimum Gasteiger partial charge on any atom is -0.437 e. The van der Waals surface area contributed by atoms with E-state index in [1.807, 2.05) is 32.0 Å². The Bertz CT molecular complexity index is 570. The second kappa shape index (κ2) is 5.38. The van der Waals surface area contributed by atoms with Crippen molar-refractivity contribution in [2.45, 2.75) is 20.5 Å². The molecule has 0 amide bonds. The highest BCUT2D eigenvalue weighted by Crippen LogP contribution is 2.29. The van der Waals surface area contributed by atoms with Gasteiger partial charge < -0.3 is 9.84 Å². The van der Waals surface area contributed by atoms with Crippen LogP contribution in [-0.2, 0) is 6.61 Å². The van der Waals surface area contributed by atoms with Crippen molar-refractivity contribution in [2.24, 2.45) is 0 Å². The number of aryl methyl sites for hydroxylation is 2. The van der Waals surface area contributed by atoms with Crippen LogP contribution in [0, 0.1) is 13.8 Å². The summed E-state index contributed by atoms with van der Waals surface area (Å²) >= 11 is 6.04. The van der Waals surface area contributed by atoms with Gasteiger partial charge in [0, 0.05) is 6.20 Å². The maximum absolute atomic E-state index is 8.98. The molecule has 0 atom stereocenters. The molecule has 0 bridgehead atoms. The summed E-state index contributed by atoms with van der Waals surface area (Å²) in [5, 5.41) is 9.37. The Morgan fingerprint density at radius 1 is 1.28 bits per heavy atom. The number of aliphatic hydroxyl groups is 1. The first-order valence-electron chi connectivity index (χ1n) is 5.60. The van der Waals surface area contributed by atoms with E-state index in [1.165, 1.54) is 5.56 Å². The molecule has 0 saturated carbocycles. The van der Waals surface area contributed by atoms with Gasteiger partial charge in [0.1, 0.15) is 10.8 Å². The average molecular weight is 264 g/mol. The van der Waals surface area contributed by atoms with Crippen LogP contribution in [0.5, 0.6) is 11.6 Å². The van der Waals surface area contributed by atoms with Crippen LogP contribution < -0.4 is 4.74 Å². The van der Waals surface area contributed by atoms with Gasteiger partial charge in [-0.25, -0.2) is 4.98 Å². The van der Waals surface area contributed by atoms with Crippen molar-refractivity contribution in [3.63, 3.8) is 0 Å². The highest BCUT2D eigenvalue weighted by Gasteiger charge is 2.08. The molecule has 0 fully saturated rings. The zero-order valence-corrected chi connectivity index (χ0v) is 11.0. The summed E-state index contributed by atoms with van der Waals surface area (Å²) in [6.45, 7) is 3.91. The van der Waals surface area contributed by atoms with Crippen LogP contribution >= 0.6 is 11.6 Å². The van der Waals surface area contributed by atoms with Gasteiger partial charge in [0.15, 0.2) is 0 Å². The Morgan fingerprint density at radius 3 is 2.67 bits per heavy atom. The number of benzene rings is 1. The molecule has 0 radical (unpaired) electrons. The number of ether oxygens (including phenoxy) is 1. The lowest BCUT2D eigenvalue weighted by Crippen LogP contribution is -1.93. The molecule has 1 aromatic carbocycles. The first-order chi connectivity index (χ1) is 8.60. The Kier molecular flexibility index (Phi) is 3.84. The predicted octanol–water partition coefficient (Wildman–Crippen LogP) is 3.64. The number of hydrogen-bond donors (Lipinski definition) is 1. The monoisotopic (exact) mass is 263 g/mol. The number of rotatable bonds is 3. The van der Waals surface area contributed by atoms with E-state index >= 15 is 0 Å². The molecule has 0 saturated heterocycles. The van der Waals surface area contributed by atoms with Gasteiger partial charge in [-0.1, -0.05) is 29.3 Å². The molecule has 1 heterocycles. The van der Waals surface area contributed by atoms with Crippen LogP contribution in [0.25, 0.3) is 0 Å². The maximum atomic E-state index is 8.98. The SMILES string of the molecule is Cc1ccc(Oc2ncc(CO)cc2Cl)c(C)c1. The molecule has 2 aromatic rings. The topological polar surface area (TPSA) is 42.4 Å². The van der Waals surface area contributed by atoms with Crippen LogP contribution in [0.2, 0.25) is 5.02 Å². The van der Waals surface area contributed by atoms with Crippen molar-refractivity contribution in [2.75, 3.05) is 0 Å². The summed E-state index contributed by atoms with van der Waals surface area (Å²) in [5.41, 5.74) is 2.86. The number of hydrogen-bond acceptors (Lipinski definition) is 3. The molecule has 1 N–H and O–H groups in total. The Labute approximate surface area is 111 Å². The highest BCUT2D eigenvalue weighted by atomic mass is 35.5. The molecule has 0 spiro atoms. The lowest BCUT2D eigenvalue weighted by molar-refractivity contribution is 0.281. The summed E-state index contributed by atoms with van der Waals surface area (Å²) in [5.74, 6) is 1.08. The van der Waals surface area contributed by atoms with Gasteiger partial charge in [0.25, 0.3) is 0 Å². The van der Waals surface area contributed by atoms with Crippen molar-refractivity contribution >= 4 is 11.6 Å². The Hall–Kier alpha value is -1.58. The largest absolute Gasteiger partial charge is 0.437 e. The lowest BCUT2D eigenvalue weighted by atomic mass is 10.1. The molecule has 4 heteroatoms. The number of pyridine rings is 1. The number of aromatic nitrogens is 1. The third-order valence-corrected chi connectivity index (χ3v) is 2.85. The first-order valence-corrected chi connectivity index (χ1v) is 5.98. The third-order valence-electron chi connectivity index (χ3n) is 2.58. The van der Waals surface area contributed by atoms with Crippen LogP contribution in [0.3, 0.4) is 0 Å². The van der Waals surface area contributed by atoms with Gasteiger partial charge in [0.2, 0.25) is 5.88 Å². The van der Waals surface area contributed by atoms with Crippen LogP contribution in [0.1, 0.15) is 16.7 Å². The molecule has 94 valence electrons. The van der Waals surface area contributed by atoms with E-state index in [4.69, 9.17) is 21.4 Å². The minimum atomic E-state index is -0.0867. The zero-order chi connectivity index (χ0) is 13.1. The maximum Gasteiger partial charge on any atom is 0.238 e. The first kappa shape index (κ1) is 12.9. The normalized spacial score (nSPS) is 10.4. The van der Waals surface area contributed by atoms with Crippen LogP contribution in [-0.4, -0.2) is 10.1 Å². The van der Waals surface area contributed by atoms with Gasteiger partial charge in [-0.3, -0.25) is 0 Å². The summed E-state index contributed by atoms with van der Waals surface area (Å²) in [7, 11) is 0. The molecule has 18 heavy (non-hydrogen) atoms. The van der Waals surface area contributed by atoms with Crippen molar-refractivity contribution in [1.29, 1.82) is 0 Å². The van der Waals surface area contributed by atoms with Crippen molar-refractivity contribution in [3.05, 3.63) is 52.2 Å². The quantitative estimate of drug-likeness (QED) is 0.919. The molecular weight excluding hydrogens is 250 g/mol. The molecule has 0 unspecified atom stereocenters. The molecule has 3 nitrogen and oxygen atoms in total. The fourth-order valence-electron chi connectivity index (χ4n) is 1.64. The zero-order valence-electron chi connectivity index (χ0n) is 10.3. The lowest BCUT2D eigenvalue weighted by Gasteiger charge is -2.10. The standard InChI is InChI=1S/C14H14ClNO2/c1-9-3-4-13(10(2)5-9)18-14-12(15)6-11(8-17)7-16-14/h3-7,17H,8H2,1-2H3. The fourth-order valence-corrected chi connectivity index (χ4v) is 1.87. The molecular formula is C14H14ClNO2. The summed E-state index contributed by atoms with van der Waals surface area (Å²) < 4.78 is 5.67. The van der Waals surface area contributed by atoms with E-state index in [2.05, 4.69) is 4.98 Å². The van der Waals surface area contributed by atoms with Gasteiger partial charge in [-0.15, -0.1) is 0 Å². The van der Waals surface area contributed by atoms with Gasteiger partial charge in [-0.2, -0.15) is 0 Å². The second-order valence-corrected chi connectivity index (χ2v) is 4.57. The number of halogens is 1. The van der Waals surface area contributed by atoms with E-state index in [-0.39, 0.29) is 6.61 Å². The van der Waals surface area contributed by atoms with E-state index in [0.29, 0.717) is 16.5 Å². The Balaban J connectivity index is 2.28. The van der Waals surface area contributed by atoms with Crippen molar-refractivity contribution in [3.8, 4) is 11.6 Å². The summed E-state index contributed by atoms with van der Waals surface area (Å²) in [6.07, 6.45) is 1.55. The van der Waals surface area contributed by atoms with E-state index in [1.54, 1.807) is 12.3 Å². The third kappa shape index (κ3) is 2.81. The fraction of sp³-hybridized carbons (Fsp3) is 0.214. The van der Waals surface area contributed by atoms with Crippen LogP contribution in [0.4, 0.5) is 0 Å². The van der Waals surface area contributed by atoms with Crippen molar-refractivity contribution < 1.29 is 9.84 Å². The van der Waals surface area contributed by atoms with E-state index in [9.17, 15) is 0 Å². The van der Waals surface area contributed by atoms with E-state index < -0.39 is 0 Å². The van der Waals surface area contributed by atoms with Gasteiger partial charge in [-0.05, 0) is 37.1 Å². The highest BCUT2D eigenvalue weighted by molar-refractivity contribution is 6.31. The molecule has 2 rings (SSSR count). The average Bonchev–Trinajstić information content (AvgIpc) is 2.34. The van der Waals surface area contributed by atoms with Crippen LogP contribution in [0.15, 0.2) is 30.5 Å². The van der Waals surface area contributed by atoms with Gasteiger partial charge >= 0.3 is 0 Å². The van der Waals surface area contributed by atoms with Gasteiger partial charge in [0.05, 0.1) is 6.61 Å². The number of aliphatic hydroxyl groups excluding tert-OH is 1. The molecule has 1 aromatic heterocycles. The summed E-state index contributed by atoms with van der Waals surface area (Å²) in [6, 6.07) is 7.54. The minimum absolute atomic E-state index is 0.0867. The predicted molar refractivity (Wildman–Crippen MR) is 71.2 cm³/mol. The molecule has 0 aliphatic carbocycles. The Morgan fingerprint density at radius 2 is 2.06 bits per heavy atom. The van der Waals surface area contributed by atoms with Crippen molar-refractivity contribution in [1.82, 2.24) is 4.98 Å². The molecule has 0 aliphatic rings. The molecule has 0 aliphatic heterocycles. The van der Waals surface area contributed by atoms with E-state index in [0.717, 1.165) is 11.3 Å². The second-order valence-electron chi connectivity index (χ2n) is 4.16. The smallest absolute Gasteiger partial charge is 0.238 e.